The molecule has 2 nitrogen and oxygen atoms in total. The molecule has 0 unspecified atom stereocenters. The molecule has 1 aliphatic heterocycles. The highest BCUT2D eigenvalue weighted by molar-refractivity contribution is 7.25. The number of nitrogens with one attached hydrogen (secondary N) is 1. The molecule has 3 heterocycles. The Morgan fingerprint density at radius 1 is 0.600 bits per heavy atom. The van der Waals surface area contributed by atoms with E-state index >= 15 is 0 Å². The van der Waals surface area contributed by atoms with Crippen LogP contribution in [0.3, 0.4) is 0 Å². The van der Waals surface area contributed by atoms with Crippen LogP contribution < -0.4 is 16.2 Å². The lowest BCUT2D eigenvalue weighted by Gasteiger charge is -2.25. The summed E-state index contributed by atoms with van der Waals surface area (Å²) in [7, 11) is 0.870. The number of hydrogen-bond donors (Lipinski definition) is 1. The Bertz CT molecular complexity index is 2780. The number of aromatic nitrogens is 1. The Kier molecular flexibility index (Phi) is 6.44. The van der Waals surface area contributed by atoms with Crippen LogP contribution in [-0.4, -0.2) is 11.8 Å². The first-order chi connectivity index (χ1) is 24.4. The Morgan fingerprint density at radius 2 is 1.32 bits per heavy atom. The zero-order chi connectivity index (χ0) is 33.6. The summed E-state index contributed by atoms with van der Waals surface area (Å²) in [4.78, 5) is 0. The Morgan fingerprint density at radius 3 is 2.14 bits per heavy atom. The highest BCUT2D eigenvalue weighted by Crippen LogP contribution is 2.45. The van der Waals surface area contributed by atoms with E-state index in [0.717, 1.165) is 18.7 Å². The Labute approximate surface area is 296 Å². The Hall–Kier alpha value is -5.58. The van der Waals surface area contributed by atoms with Crippen LogP contribution in [0.25, 0.3) is 69.9 Å². The molecule has 1 aliphatic rings. The second-order valence-electron chi connectivity index (χ2n) is 14.6. The molecule has 0 radical (unpaired) electrons. The smallest absolute Gasteiger partial charge is 0.198 e. The van der Waals surface area contributed by atoms with Crippen molar-refractivity contribution in [3.8, 4) is 27.9 Å². The SMILES string of the molecule is CC(C)(C)c1ccc(-c2cc(-c3cc4c(cc3Nc3ccccc3)sc3ccccc34)c3c4c2c2ccccc2n4-c2ccccc2B3)cc1. The highest BCUT2D eigenvalue weighted by Gasteiger charge is 2.29. The Balaban J connectivity index is 1.35. The van der Waals surface area contributed by atoms with Gasteiger partial charge in [-0.1, -0.05) is 123 Å². The van der Waals surface area contributed by atoms with Gasteiger partial charge >= 0.3 is 0 Å². The zero-order valence-corrected chi connectivity index (χ0v) is 29.2. The number of nitrogens with zero attached hydrogens (tertiary/aromatic N) is 1. The van der Waals surface area contributed by atoms with Gasteiger partial charge in [0.25, 0.3) is 0 Å². The molecule has 0 atom stereocenters. The molecule has 0 fully saturated rings. The van der Waals surface area contributed by atoms with Crippen LogP contribution in [0.15, 0.2) is 146 Å². The summed E-state index contributed by atoms with van der Waals surface area (Å²) in [5.41, 5.74) is 15.2. The van der Waals surface area contributed by atoms with Crippen LogP contribution in [0.5, 0.6) is 0 Å². The van der Waals surface area contributed by atoms with Crippen molar-refractivity contribution >= 4 is 82.9 Å². The summed E-state index contributed by atoms with van der Waals surface area (Å²) >= 11 is 1.87. The number of fused-ring (bicyclic) bond motifs is 8. The van der Waals surface area contributed by atoms with E-state index in [9.17, 15) is 0 Å². The van der Waals surface area contributed by atoms with Crippen LogP contribution in [-0.2, 0) is 5.41 Å². The molecular weight excluding hydrogens is 623 g/mol. The van der Waals surface area contributed by atoms with E-state index in [1.54, 1.807) is 0 Å². The van der Waals surface area contributed by atoms with Crippen LogP contribution >= 0.6 is 11.3 Å². The normalized spacial score (nSPS) is 12.5. The molecule has 238 valence electrons. The standard InChI is InChI=1S/C46H35BN2S/c1-46(2,3)29-23-21-28(22-24-29)33-25-36(44-45-43(33)32-16-7-10-18-39(32)49(45)40-19-11-9-17-37(40)47-44)34-26-35-31-15-8-12-20-41(31)50-42(35)27-38(34)48-30-13-5-4-6-14-30/h4-27,47-48H,1-3H3. The predicted octanol–water partition coefficient (Wildman–Crippen LogP) is 11.2. The lowest BCUT2D eigenvalue weighted by atomic mass is 9.58. The second kappa shape index (κ2) is 11.0. The summed E-state index contributed by atoms with van der Waals surface area (Å²) in [6.45, 7) is 6.86. The van der Waals surface area contributed by atoms with Crippen LogP contribution in [0.4, 0.5) is 11.4 Å². The first-order valence-corrected chi connectivity index (χ1v) is 18.3. The minimum Gasteiger partial charge on any atom is -0.355 e. The molecule has 0 bridgehead atoms. The largest absolute Gasteiger partial charge is 0.355 e. The van der Waals surface area contributed by atoms with Gasteiger partial charge in [-0.25, -0.2) is 0 Å². The maximum Gasteiger partial charge on any atom is 0.198 e. The molecule has 0 saturated heterocycles. The van der Waals surface area contributed by atoms with Gasteiger partial charge < -0.3 is 9.88 Å². The van der Waals surface area contributed by atoms with Crippen molar-refractivity contribution in [3.05, 3.63) is 151 Å². The third-order valence-corrected chi connectivity index (χ3v) is 11.7. The van der Waals surface area contributed by atoms with Gasteiger partial charge in [-0.3, -0.25) is 0 Å². The molecule has 9 aromatic rings. The third kappa shape index (κ3) is 4.48. The van der Waals surface area contributed by atoms with E-state index < -0.39 is 0 Å². The maximum atomic E-state index is 3.87. The maximum absolute atomic E-state index is 3.87. The quantitative estimate of drug-likeness (QED) is 0.186. The number of thiophene rings is 1. The summed E-state index contributed by atoms with van der Waals surface area (Å²) in [6.07, 6.45) is 0. The van der Waals surface area contributed by atoms with Crippen LogP contribution in [0.2, 0.25) is 0 Å². The first-order valence-electron chi connectivity index (χ1n) is 17.5. The van der Waals surface area contributed by atoms with Crippen molar-refractivity contribution in [2.45, 2.75) is 26.2 Å². The first kappa shape index (κ1) is 29.4. The minimum absolute atomic E-state index is 0.0835. The van der Waals surface area contributed by atoms with Crippen molar-refractivity contribution in [1.29, 1.82) is 0 Å². The molecule has 0 spiro atoms. The monoisotopic (exact) mass is 658 g/mol. The molecule has 10 rings (SSSR count). The average molecular weight is 659 g/mol. The highest BCUT2D eigenvalue weighted by atomic mass is 32.1. The lowest BCUT2D eigenvalue weighted by molar-refractivity contribution is 0.590. The average Bonchev–Trinajstić information content (AvgIpc) is 3.68. The van der Waals surface area contributed by atoms with E-state index in [1.807, 2.05) is 11.3 Å². The van der Waals surface area contributed by atoms with Crippen molar-refractivity contribution < 1.29 is 0 Å². The molecule has 0 amide bonds. The molecular formula is C46H35BN2S. The van der Waals surface area contributed by atoms with Crippen molar-refractivity contribution in [2.24, 2.45) is 0 Å². The third-order valence-electron chi connectivity index (χ3n) is 10.6. The topological polar surface area (TPSA) is 17.0 Å². The molecule has 0 saturated carbocycles. The number of benzene rings is 7. The minimum atomic E-state index is 0.0835. The molecule has 2 aromatic heterocycles. The van der Waals surface area contributed by atoms with E-state index in [1.165, 1.54) is 86.4 Å². The molecule has 7 aromatic carbocycles. The van der Waals surface area contributed by atoms with Gasteiger partial charge in [0.1, 0.15) is 0 Å². The van der Waals surface area contributed by atoms with Crippen molar-refractivity contribution in [3.63, 3.8) is 0 Å². The second-order valence-corrected chi connectivity index (χ2v) is 15.7. The summed E-state index contributed by atoms with van der Waals surface area (Å²) in [5.74, 6) is 0. The molecule has 50 heavy (non-hydrogen) atoms. The van der Waals surface area contributed by atoms with Gasteiger partial charge in [0.15, 0.2) is 7.28 Å². The van der Waals surface area contributed by atoms with Gasteiger partial charge in [0.2, 0.25) is 0 Å². The fraction of sp³-hybridized carbons (Fsp3) is 0.0870. The van der Waals surface area contributed by atoms with Crippen molar-refractivity contribution in [1.82, 2.24) is 4.57 Å². The molecule has 0 aliphatic carbocycles. The fourth-order valence-electron chi connectivity index (χ4n) is 8.12. The fourth-order valence-corrected chi connectivity index (χ4v) is 9.25. The van der Waals surface area contributed by atoms with Gasteiger partial charge in [-0.2, -0.15) is 0 Å². The zero-order valence-electron chi connectivity index (χ0n) is 28.4. The summed E-state index contributed by atoms with van der Waals surface area (Å²) < 4.78 is 5.15. The molecule has 4 heteroatoms. The predicted molar refractivity (Wildman–Crippen MR) is 219 cm³/mol. The van der Waals surface area contributed by atoms with E-state index in [-0.39, 0.29) is 5.41 Å². The van der Waals surface area contributed by atoms with E-state index in [0.29, 0.717) is 0 Å². The van der Waals surface area contributed by atoms with E-state index in [4.69, 9.17) is 0 Å². The number of rotatable bonds is 4. The van der Waals surface area contributed by atoms with Gasteiger partial charge in [0, 0.05) is 59.1 Å². The van der Waals surface area contributed by atoms with Gasteiger partial charge in [-0.15, -0.1) is 11.3 Å². The van der Waals surface area contributed by atoms with E-state index in [2.05, 4.69) is 176 Å². The summed E-state index contributed by atoms with van der Waals surface area (Å²) in [6, 6.07) is 54.0. The summed E-state index contributed by atoms with van der Waals surface area (Å²) in [5, 5.41) is 9.11. The number of para-hydroxylation sites is 3. The number of anilines is 2. The van der Waals surface area contributed by atoms with Gasteiger partial charge in [-0.05, 0) is 81.7 Å². The van der Waals surface area contributed by atoms with Crippen LogP contribution in [0.1, 0.15) is 26.3 Å². The van der Waals surface area contributed by atoms with Crippen molar-refractivity contribution in [2.75, 3.05) is 5.32 Å². The van der Waals surface area contributed by atoms with Crippen LogP contribution in [0, 0.1) is 0 Å². The molecule has 1 N–H and O–H groups in total. The van der Waals surface area contributed by atoms with Gasteiger partial charge in [0.05, 0.1) is 5.52 Å². The lowest BCUT2D eigenvalue weighted by Crippen LogP contribution is -2.37. The number of hydrogen-bond acceptors (Lipinski definition) is 2.